The summed E-state index contributed by atoms with van der Waals surface area (Å²) >= 11 is 1.03. The lowest BCUT2D eigenvalue weighted by molar-refractivity contribution is -0.116. The molecule has 0 atom stereocenters. The first-order valence-electron chi connectivity index (χ1n) is 9.68. The summed E-state index contributed by atoms with van der Waals surface area (Å²) in [5.41, 5.74) is 3.41. The summed E-state index contributed by atoms with van der Waals surface area (Å²) in [4.78, 5) is 13.0. The van der Waals surface area contributed by atoms with E-state index in [0.717, 1.165) is 33.8 Å². The number of amides is 1. The predicted octanol–water partition coefficient (Wildman–Crippen LogP) is 3.58. The summed E-state index contributed by atoms with van der Waals surface area (Å²) in [7, 11) is -3.74. The van der Waals surface area contributed by atoms with Gasteiger partial charge in [0.15, 0.2) is 0 Å². The average molecular weight is 465 g/mol. The monoisotopic (exact) mass is 464 g/mol. The fourth-order valence-corrected chi connectivity index (χ4v) is 4.77. The molecule has 2 heterocycles. The van der Waals surface area contributed by atoms with Gasteiger partial charge in [-0.05, 0) is 30.3 Å². The Morgan fingerprint density at radius 1 is 1.03 bits per heavy atom. The lowest BCUT2D eigenvalue weighted by Gasteiger charge is -2.00. The second-order valence-corrected chi connectivity index (χ2v) is 9.85. The van der Waals surface area contributed by atoms with Gasteiger partial charge in [0.25, 0.3) is 0 Å². The number of benzene rings is 2. The van der Waals surface area contributed by atoms with Gasteiger partial charge in [-0.25, -0.2) is 18.2 Å². The van der Waals surface area contributed by atoms with E-state index >= 15 is 0 Å². The second kappa shape index (κ2) is 9.31. The van der Waals surface area contributed by atoms with Crippen LogP contribution in [0.25, 0.3) is 23.0 Å². The zero-order chi connectivity index (χ0) is 22.6. The average Bonchev–Trinajstić information content (AvgIpc) is 3.45. The maximum Gasteiger partial charge on any atom is 0.247 e. The van der Waals surface area contributed by atoms with E-state index in [2.05, 4.69) is 5.32 Å². The Kier molecular flexibility index (Phi) is 6.31. The van der Waals surface area contributed by atoms with Crippen molar-refractivity contribution < 1.29 is 13.2 Å². The summed E-state index contributed by atoms with van der Waals surface area (Å²) in [6.07, 6.45) is 5.03. The Balaban J connectivity index is 1.53. The minimum absolute atomic E-state index is 0.0677. The standard InChI is InChI=1S/C23H20N4O3S2/c24-32(29,30)22-14-12-20(31-22)15-25-21(28)13-11-18-16-27(19-9-5-2-6-10-19)26-23(18)17-7-3-1-4-8-17/h1-14,16H,15H2,(H,25,28)(H2,24,29,30). The van der Waals surface area contributed by atoms with Gasteiger partial charge >= 0.3 is 0 Å². The van der Waals surface area contributed by atoms with Crippen molar-refractivity contribution >= 4 is 33.3 Å². The number of nitrogens with one attached hydrogen (secondary N) is 1. The molecule has 7 nitrogen and oxygen atoms in total. The Hall–Kier alpha value is -3.53. The molecule has 0 bridgehead atoms. The van der Waals surface area contributed by atoms with Crippen LogP contribution in [0.3, 0.4) is 0 Å². The molecule has 0 unspecified atom stereocenters. The number of carbonyl (C=O) groups is 1. The third kappa shape index (κ3) is 5.20. The molecule has 2 aromatic heterocycles. The summed E-state index contributed by atoms with van der Waals surface area (Å²) in [5, 5.41) is 12.6. The van der Waals surface area contributed by atoms with Crippen LogP contribution in [-0.4, -0.2) is 24.1 Å². The molecular formula is C23H20N4O3S2. The number of hydrogen-bond donors (Lipinski definition) is 2. The van der Waals surface area contributed by atoms with Crippen molar-refractivity contribution in [2.45, 2.75) is 10.8 Å². The first-order valence-corrected chi connectivity index (χ1v) is 12.0. The number of thiophene rings is 1. The van der Waals surface area contributed by atoms with Crippen molar-refractivity contribution in [1.29, 1.82) is 0 Å². The van der Waals surface area contributed by atoms with Crippen LogP contribution in [0.5, 0.6) is 0 Å². The van der Waals surface area contributed by atoms with Crippen LogP contribution >= 0.6 is 11.3 Å². The molecule has 0 aliphatic heterocycles. The first-order chi connectivity index (χ1) is 15.4. The molecule has 9 heteroatoms. The van der Waals surface area contributed by atoms with Gasteiger partial charge in [0.05, 0.1) is 17.9 Å². The smallest absolute Gasteiger partial charge is 0.247 e. The lowest BCUT2D eigenvalue weighted by atomic mass is 10.1. The van der Waals surface area contributed by atoms with Gasteiger partial charge in [0.2, 0.25) is 15.9 Å². The largest absolute Gasteiger partial charge is 0.348 e. The molecule has 0 fully saturated rings. The van der Waals surface area contributed by atoms with Crippen molar-refractivity contribution in [1.82, 2.24) is 15.1 Å². The van der Waals surface area contributed by atoms with E-state index in [-0.39, 0.29) is 16.7 Å². The SMILES string of the molecule is NS(=O)(=O)c1ccc(CNC(=O)C=Cc2cn(-c3ccccc3)nc2-c2ccccc2)s1. The highest BCUT2D eigenvalue weighted by Crippen LogP contribution is 2.25. The van der Waals surface area contributed by atoms with Gasteiger partial charge in [-0.1, -0.05) is 48.5 Å². The third-order valence-electron chi connectivity index (χ3n) is 4.58. The number of carbonyl (C=O) groups excluding carboxylic acids is 1. The van der Waals surface area contributed by atoms with E-state index in [1.54, 1.807) is 16.8 Å². The fraction of sp³-hybridized carbons (Fsp3) is 0.0435. The minimum atomic E-state index is -3.74. The fourth-order valence-electron chi connectivity index (χ4n) is 3.05. The topological polar surface area (TPSA) is 107 Å². The van der Waals surface area contributed by atoms with Gasteiger partial charge in [0.1, 0.15) is 4.21 Å². The lowest BCUT2D eigenvalue weighted by Crippen LogP contribution is -2.19. The van der Waals surface area contributed by atoms with Crippen LogP contribution in [0.4, 0.5) is 0 Å². The Bertz CT molecular complexity index is 1360. The number of nitrogens with zero attached hydrogens (tertiary/aromatic N) is 2. The number of aromatic nitrogens is 2. The normalized spacial score (nSPS) is 11.7. The van der Waals surface area contributed by atoms with Crippen LogP contribution in [-0.2, 0) is 21.4 Å². The summed E-state index contributed by atoms with van der Waals surface area (Å²) in [6, 6.07) is 22.5. The quantitative estimate of drug-likeness (QED) is 0.408. The number of rotatable bonds is 7. The molecule has 2 aromatic carbocycles. The summed E-state index contributed by atoms with van der Waals surface area (Å²) in [5.74, 6) is -0.304. The summed E-state index contributed by atoms with van der Waals surface area (Å²) in [6.45, 7) is 0.207. The van der Waals surface area contributed by atoms with E-state index in [4.69, 9.17) is 10.2 Å². The van der Waals surface area contributed by atoms with Crippen LogP contribution in [0, 0.1) is 0 Å². The van der Waals surface area contributed by atoms with Gasteiger partial charge in [-0.2, -0.15) is 5.10 Å². The number of sulfonamides is 1. The maximum absolute atomic E-state index is 12.4. The molecular weight excluding hydrogens is 444 g/mol. The van der Waals surface area contributed by atoms with Crippen molar-refractivity contribution in [3.8, 4) is 16.9 Å². The first kappa shape index (κ1) is 21.7. The van der Waals surface area contributed by atoms with Crippen LogP contribution in [0.2, 0.25) is 0 Å². The molecule has 0 aliphatic rings. The maximum atomic E-state index is 12.4. The Morgan fingerprint density at radius 3 is 2.38 bits per heavy atom. The van der Waals surface area contributed by atoms with E-state index in [9.17, 15) is 13.2 Å². The molecule has 0 aliphatic carbocycles. The van der Waals surface area contributed by atoms with Gasteiger partial charge < -0.3 is 5.32 Å². The second-order valence-electron chi connectivity index (χ2n) is 6.90. The Labute approximate surface area is 189 Å². The highest BCUT2D eigenvalue weighted by Gasteiger charge is 2.12. The molecule has 0 saturated carbocycles. The van der Waals surface area contributed by atoms with Crippen molar-refractivity contribution in [3.05, 3.63) is 95.5 Å². The number of para-hydroxylation sites is 1. The molecule has 0 saturated heterocycles. The van der Waals surface area contributed by atoms with Gasteiger partial charge in [-0.15, -0.1) is 11.3 Å². The van der Waals surface area contributed by atoms with Gasteiger partial charge in [-0.3, -0.25) is 4.79 Å². The molecule has 4 aromatic rings. The molecule has 0 radical (unpaired) electrons. The highest BCUT2D eigenvalue weighted by molar-refractivity contribution is 7.91. The predicted molar refractivity (Wildman–Crippen MR) is 126 cm³/mol. The highest BCUT2D eigenvalue weighted by atomic mass is 32.2. The van der Waals surface area contributed by atoms with Gasteiger partial charge in [0, 0.05) is 28.3 Å². The molecule has 4 rings (SSSR count). The van der Waals surface area contributed by atoms with E-state index in [1.165, 1.54) is 12.1 Å². The molecule has 1 amide bonds. The van der Waals surface area contributed by atoms with Crippen LogP contribution in [0.1, 0.15) is 10.4 Å². The molecule has 32 heavy (non-hydrogen) atoms. The molecule has 0 spiro atoms. The zero-order valence-electron chi connectivity index (χ0n) is 16.9. The van der Waals surface area contributed by atoms with Crippen LogP contribution in [0.15, 0.2) is 89.3 Å². The number of nitrogens with two attached hydrogens (primary N) is 1. The van der Waals surface area contributed by atoms with Crippen molar-refractivity contribution in [2.24, 2.45) is 5.14 Å². The molecule has 3 N–H and O–H groups in total. The zero-order valence-corrected chi connectivity index (χ0v) is 18.5. The summed E-state index contributed by atoms with van der Waals surface area (Å²) < 4.78 is 24.6. The third-order valence-corrected chi connectivity index (χ3v) is 7.10. The molecule has 162 valence electrons. The van der Waals surface area contributed by atoms with E-state index in [1.807, 2.05) is 66.9 Å². The number of hydrogen-bond acceptors (Lipinski definition) is 5. The van der Waals surface area contributed by atoms with Crippen LogP contribution < -0.4 is 10.5 Å². The van der Waals surface area contributed by atoms with Crippen molar-refractivity contribution in [3.63, 3.8) is 0 Å². The van der Waals surface area contributed by atoms with E-state index in [0.29, 0.717) is 4.88 Å². The van der Waals surface area contributed by atoms with Crippen molar-refractivity contribution in [2.75, 3.05) is 0 Å². The minimum Gasteiger partial charge on any atom is -0.348 e. The number of primary sulfonamides is 1. The Morgan fingerprint density at radius 2 is 1.72 bits per heavy atom. The van der Waals surface area contributed by atoms with E-state index < -0.39 is 10.0 Å².